The molecule has 0 fully saturated rings. The lowest BCUT2D eigenvalue weighted by atomic mass is 10.1. The van der Waals surface area contributed by atoms with Gasteiger partial charge in [0.1, 0.15) is 0 Å². The van der Waals surface area contributed by atoms with Crippen molar-refractivity contribution in [2.75, 3.05) is 5.88 Å². The van der Waals surface area contributed by atoms with E-state index in [2.05, 4.69) is 17.9 Å². The largest absolute Gasteiger partial charge is 0.387 e. The summed E-state index contributed by atoms with van der Waals surface area (Å²) in [4.78, 5) is 0. The van der Waals surface area contributed by atoms with Crippen LogP contribution >= 0.6 is 12.6 Å². The lowest BCUT2D eigenvalue weighted by Gasteiger charge is -2.03. The van der Waals surface area contributed by atoms with E-state index in [9.17, 15) is 0 Å². The van der Waals surface area contributed by atoms with E-state index in [4.69, 9.17) is 11.1 Å². The molecule has 0 aromatic heterocycles. The summed E-state index contributed by atoms with van der Waals surface area (Å²) in [7, 11) is 0. The Bertz CT molecular complexity index is 295. The smallest absolute Gasteiger partial charge is 0.0950 e. The number of amidine groups is 1. The summed E-state index contributed by atoms with van der Waals surface area (Å²) >= 11 is 4.06. The molecule has 0 saturated heterocycles. The normalized spacial score (nSPS) is 10.1. The highest BCUT2D eigenvalue weighted by molar-refractivity contribution is 7.80. The maximum absolute atomic E-state index is 7.15. The Balaban J connectivity index is 2.54. The van der Waals surface area contributed by atoms with Crippen molar-refractivity contribution in [2.24, 2.45) is 5.73 Å². The maximum atomic E-state index is 7.15. The van der Waals surface area contributed by atoms with Crippen molar-refractivity contribution in [3.05, 3.63) is 35.4 Å². The Hall–Kier alpha value is -1.00. The van der Waals surface area contributed by atoms with Gasteiger partial charge in [0.2, 0.25) is 0 Å². The third kappa shape index (κ3) is 3.81. The van der Waals surface area contributed by atoms with Crippen LogP contribution in [0.5, 0.6) is 0 Å². The molecule has 0 spiro atoms. The molecule has 14 heavy (non-hydrogen) atoms. The molecule has 1 aromatic rings. The Kier molecular flexibility index (Phi) is 4.49. The molecule has 3 nitrogen and oxygen atoms in total. The molecule has 0 radical (unpaired) electrons. The number of hydrogen-bond donors (Lipinski definition) is 4. The number of nitrogens with one attached hydrogen (secondary N) is 2. The number of benzene rings is 1. The van der Waals surface area contributed by atoms with Gasteiger partial charge in [-0.1, -0.05) is 24.3 Å². The fourth-order valence-corrected chi connectivity index (χ4v) is 1.31. The second-order valence-electron chi connectivity index (χ2n) is 3.10. The van der Waals surface area contributed by atoms with Gasteiger partial charge in [0, 0.05) is 18.8 Å². The van der Waals surface area contributed by atoms with Crippen molar-refractivity contribution in [3.63, 3.8) is 0 Å². The molecule has 0 unspecified atom stereocenters. The fraction of sp³-hybridized carbons (Fsp3) is 0.300. The van der Waals surface area contributed by atoms with Crippen molar-refractivity contribution >= 4 is 18.5 Å². The van der Waals surface area contributed by atoms with E-state index in [0.717, 1.165) is 12.1 Å². The van der Waals surface area contributed by atoms with Gasteiger partial charge in [-0.2, -0.15) is 12.6 Å². The Morgan fingerprint density at radius 2 is 1.86 bits per heavy atom. The van der Waals surface area contributed by atoms with Gasteiger partial charge in [-0.15, -0.1) is 0 Å². The Morgan fingerprint density at radius 1 is 1.29 bits per heavy atom. The number of thiol groups is 1. The van der Waals surface area contributed by atoms with Crippen LogP contribution in [-0.4, -0.2) is 11.7 Å². The van der Waals surface area contributed by atoms with Gasteiger partial charge >= 0.3 is 0 Å². The highest BCUT2D eigenvalue weighted by atomic mass is 32.1. The van der Waals surface area contributed by atoms with Crippen molar-refractivity contribution in [1.29, 1.82) is 5.41 Å². The Labute approximate surface area is 89.6 Å². The topological polar surface area (TPSA) is 61.9 Å². The van der Waals surface area contributed by atoms with Gasteiger partial charge in [-0.3, -0.25) is 5.41 Å². The van der Waals surface area contributed by atoms with Crippen LogP contribution in [0.15, 0.2) is 24.3 Å². The minimum Gasteiger partial charge on any atom is -0.387 e. The summed E-state index contributed by atoms with van der Waals surface area (Å²) in [6, 6.07) is 8.07. The first-order valence-corrected chi connectivity index (χ1v) is 5.08. The van der Waals surface area contributed by atoms with Gasteiger partial charge in [0.05, 0.1) is 5.84 Å². The van der Waals surface area contributed by atoms with Gasteiger partial charge in [-0.25, -0.2) is 0 Å². The van der Waals surface area contributed by atoms with E-state index >= 15 is 0 Å². The first-order valence-electron chi connectivity index (χ1n) is 4.44. The first kappa shape index (κ1) is 11.1. The number of rotatable bonds is 5. The zero-order valence-electron chi connectivity index (χ0n) is 7.96. The quantitative estimate of drug-likeness (QED) is 0.254. The zero-order chi connectivity index (χ0) is 10.4. The van der Waals surface area contributed by atoms with Crippen LogP contribution < -0.4 is 11.1 Å². The van der Waals surface area contributed by atoms with E-state index < -0.39 is 0 Å². The van der Waals surface area contributed by atoms with Gasteiger partial charge in [-0.05, 0) is 11.1 Å². The molecule has 0 aliphatic carbocycles. The molecule has 4 heteroatoms. The van der Waals surface area contributed by atoms with Gasteiger partial charge < -0.3 is 11.1 Å². The molecule has 0 heterocycles. The minimum atomic E-state index is 0.200. The molecular weight excluding hydrogens is 194 g/mol. The second-order valence-corrected chi connectivity index (χ2v) is 3.42. The van der Waals surface area contributed by atoms with Crippen molar-refractivity contribution < 1.29 is 0 Å². The predicted molar refractivity (Wildman–Crippen MR) is 62.8 cm³/mol. The van der Waals surface area contributed by atoms with Crippen LogP contribution in [0.2, 0.25) is 0 Å². The van der Waals surface area contributed by atoms with Crippen LogP contribution in [0.4, 0.5) is 0 Å². The molecule has 76 valence electrons. The molecule has 0 bridgehead atoms. The third-order valence-corrected chi connectivity index (χ3v) is 2.08. The summed E-state index contributed by atoms with van der Waals surface area (Å²) in [5.41, 5.74) is 7.59. The molecule has 4 N–H and O–H groups in total. The standard InChI is InChI=1S/C10H15N3S/c11-10(12)5-8-1-3-9(4-2-8)6-13-7-14/h1-4,13-14H,5-7H2,(H3,11,12). The van der Waals surface area contributed by atoms with E-state index in [1.807, 2.05) is 24.3 Å². The first-order chi connectivity index (χ1) is 6.72. The summed E-state index contributed by atoms with van der Waals surface area (Å²) < 4.78 is 0. The SMILES string of the molecule is N=C(N)Cc1ccc(CNCS)cc1. The highest BCUT2D eigenvalue weighted by Crippen LogP contribution is 2.04. The summed E-state index contributed by atoms with van der Waals surface area (Å²) in [6.45, 7) is 0.823. The summed E-state index contributed by atoms with van der Waals surface area (Å²) in [6.07, 6.45) is 0.528. The van der Waals surface area contributed by atoms with Crippen LogP contribution in [-0.2, 0) is 13.0 Å². The average molecular weight is 209 g/mol. The molecule has 1 aromatic carbocycles. The monoisotopic (exact) mass is 209 g/mol. The second kappa shape index (κ2) is 5.67. The molecule has 0 atom stereocenters. The summed E-state index contributed by atoms with van der Waals surface area (Å²) in [5, 5.41) is 10.3. The predicted octanol–water partition coefficient (Wildman–Crippen LogP) is 1.14. The van der Waals surface area contributed by atoms with Crippen molar-refractivity contribution in [2.45, 2.75) is 13.0 Å². The number of hydrogen-bond acceptors (Lipinski definition) is 3. The molecular formula is C10H15N3S. The van der Waals surface area contributed by atoms with Crippen LogP contribution in [0, 0.1) is 5.41 Å². The minimum absolute atomic E-state index is 0.200. The lowest BCUT2D eigenvalue weighted by molar-refractivity contribution is 0.798. The number of nitrogens with two attached hydrogens (primary N) is 1. The van der Waals surface area contributed by atoms with E-state index in [-0.39, 0.29) is 5.84 Å². The molecule has 0 saturated carbocycles. The highest BCUT2D eigenvalue weighted by Gasteiger charge is 1.95. The van der Waals surface area contributed by atoms with E-state index in [0.29, 0.717) is 12.3 Å². The molecule has 0 amide bonds. The van der Waals surface area contributed by atoms with Crippen molar-refractivity contribution in [1.82, 2.24) is 5.32 Å². The molecule has 0 aliphatic heterocycles. The maximum Gasteiger partial charge on any atom is 0.0950 e. The van der Waals surface area contributed by atoms with Crippen molar-refractivity contribution in [3.8, 4) is 0 Å². The van der Waals surface area contributed by atoms with E-state index in [1.54, 1.807) is 0 Å². The van der Waals surface area contributed by atoms with Crippen LogP contribution in [0.25, 0.3) is 0 Å². The zero-order valence-corrected chi connectivity index (χ0v) is 8.85. The van der Waals surface area contributed by atoms with Gasteiger partial charge in [0.15, 0.2) is 0 Å². The fourth-order valence-electron chi connectivity index (χ4n) is 1.20. The van der Waals surface area contributed by atoms with Crippen LogP contribution in [0.3, 0.4) is 0 Å². The van der Waals surface area contributed by atoms with Crippen LogP contribution in [0.1, 0.15) is 11.1 Å². The average Bonchev–Trinajstić information content (AvgIpc) is 2.16. The van der Waals surface area contributed by atoms with E-state index in [1.165, 1.54) is 5.56 Å². The lowest BCUT2D eigenvalue weighted by Crippen LogP contribution is -2.13. The molecule has 0 aliphatic rings. The summed E-state index contributed by atoms with van der Waals surface area (Å²) in [5.74, 6) is 0.876. The third-order valence-electron chi connectivity index (χ3n) is 1.86. The Morgan fingerprint density at radius 3 is 2.36 bits per heavy atom. The molecule has 1 rings (SSSR count). The van der Waals surface area contributed by atoms with Gasteiger partial charge in [0.25, 0.3) is 0 Å².